The third kappa shape index (κ3) is 3.33. The van der Waals surface area contributed by atoms with Crippen molar-refractivity contribution in [2.45, 2.75) is 64.8 Å². The summed E-state index contributed by atoms with van der Waals surface area (Å²) in [6, 6.07) is 0. The van der Waals surface area contributed by atoms with Crippen molar-refractivity contribution in [1.82, 2.24) is 10.2 Å². The van der Waals surface area contributed by atoms with Gasteiger partial charge in [0.25, 0.3) is 0 Å². The van der Waals surface area contributed by atoms with Gasteiger partial charge in [0.15, 0.2) is 0 Å². The van der Waals surface area contributed by atoms with E-state index in [1.165, 1.54) is 25.7 Å². The number of amides is 2. The van der Waals surface area contributed by atoms with E-state index in [0.717, 1.165) is 24.8 Å². The highest BCUT2D eigenvalue weighted by Crippen LogP contribution is 2.31. The maximum atomic E-state index is 12.5. The van der Waals surface area contributed by atoms with Crippen LogP contribution in [0.15, 0.2) is 0 Å². The largest absolute Gasteiger partial charge is 0.340 e. The van der Waals surface area contributed by atoms with Crippen molar-refractivity contribution in [2.24, 2.45) is 11.8 Å². The molecule has 1 saturated carbocycles. The van der Waals surface area contributed by atoms with Crippen molar-refractivity contribution >= 4 is 11.8 Å². The number of piperazine rings is 1. The molecule has 20 heavy (non-hydrogen) atoms. The van der Waals surface area contributed by atoms with Crippen molar-refractivity contribution in [1.29, 1.82) is 0 Å². The van der Waals surface area contributed by atoms with Gasteiger partial charge in [-0.05, 0) is 38.0 Å². The number of nitrogens with zero attached hydrogens (tertiary/aromatic N) is 1. The van der Waals surface area contributed by atoms with Crippen molar-refractivity contribution in [3.63, 3.8) is 0 Å². The summed E-state index contributed by atoms with van der Waals surface area (Å²) in [5.41, 5.74) is -0.699. The Balaban J connectivity index is 1.91. The van der Waals surface area contributed by atoms with Crippen molar-refractivity contribution in [2.75, 3.05) is 13.1 Å². The first-order chi connectivity index (χ1) is 9.44. The van der Waals surface area contributed by atoms with Crippen LogP contribution in [-0.4, -0.2) is 35.3 Å². The highest BCUT2D eigenvalue weighted by atomic mass is 16.2. The second-order valence-corrected chi connectivity index (χ2v) is 6.89. The predicted molar refractivity (Wildman–Crippen MR) is 79.2 cm³/mol. The summed E-state index contributed by atoms with van der Waals surface area (Å²) in [6.45, 7) is 7.07. The van der Waals surface area contributed by atoms with E-state index in [4.69, 9.17) is 0 Å². The molecule has 0 radical (unpaired) electrons. The van der Waals surface area contributed by atoms with E-state index in [-0.39, 0.29) is 18.4 Å². The molecule has 0 bridgehead atoms. The zero-order valence-corrected chi connectivity index (χ0v) is 13.1. The molecular weight excluding hydrogens is 252 g/mol. The van der Waals surface area contributed by atoms with E-state index >= 15 is 0 Å². The molecule has 1 aliphatic carbocycles. The Bertz CT molecular complexity index is 383. The minimum atomic E-state index is -0.699. The number of nitrogens with one attached hydrogen (secondary N) is 1. The molecule has 0 spiro atoms. The number of hydrogen-bond donors (Lipinski definition) is 1. The smallest absolute Gasteiger partial charge is 0.248 e. The Labute approximate surface area is 122 Å². The lowest BCUT2D eigenvalue weighted by molar-refractivity contribution is -0.149. The van der Waals surface area contributed by atoms with Crippen molar-refractivity contribution < 1.29 is 9.59 Å². The highest BCUT2D eigenvalue weighted by molar-refractivity contribution is 5.97. The number of carbonyl (C=O) groups excluding carboxylic acids is 2. The summed E-state index contributed by atoms with van der Waals surface area (Å²) >= 11 is 0. The second-order valence-electron chi connectivity index (χ2n) is 6.89. The SMILES string of the molecule is CCC1(C)NC(=O)CN(CCC2CCCC(C)C2)C1=O. The van der Waals surface area contributed by atoms with E-state index in [1.807, 2.05) is 13.8 Å². The molecule has 2 rings (SSSR count). The van der Waals surface area contributed by atoms with Crippen LogP contribution < -0.4 is 5.32 Å². The van der Waals surface area contributed by atoms with Crippen LogP contribution in [0.3, 0.4) is 0 Å². The first-order valence-electron chi connectivity index (χ1n) is 8.05. The Morgan fingerprint density at radius 2 is 2.10 bits per heavy atom. The van der Waals surface area contributed by atoms with Crippen molar-refractivity contribution in [3.8, 4) is 0 Å². The molecule has 1 N–H and O–H groups in total. The summed E-state index contributed by atoms with van der Waals surface area (Å²) in [4.78, 5) is 26.0. The molecule has 1 heterocycles. The van der Waals surface area contributed by atoms with E-state index in [9.17, 15) is 9.59 Å². The zero-order valence-electron chi connectivity index (χ0n) is 13.1. The van der Waals surface area contributed by atoms with Gasteiger partial charge in [-0.25, -0.2) is 0 Å². The molecule has 3 atom stereocenters. The average molecular weight is 280 g/mol. The van der Waals surface area contributed by atoms with E-state index in [2.05, 4.69) is 12.2 Å². The lowest BCUT2D eigenvalue weighted by Crippen LogP contribution is -2.65. The first kappa shape index (κ1) is 15.3. The molecular formula is C16H28N2O2. The van der Waals surface area contributed by atoms with Gasteiger partial charge in [0.05, 0.1) is 6.54 Å². The summed E-state index contributed by atoms with van der Waals surface area (Å²) in [5, 5.41) is 2.84. The summed E-state index contributed by atoms with van der Waals surface area (Å²) < 4.78 is 0. The number of rotatable bonds is 4. The standard InChI is InChI=1S/C16H28N2O2/c1-4-16(3)15(20)18(11-14(19)17-16)9-8-13-7-5-6-12(2)10-13/h12-13H,4-11H2,1-3H3,(H,17,19). The van der Waals surface area contributed by atoms with Crippen LogP contribution in [-0.2, 0) is 9.59 Å². The molecule has 0 aromatic rings. The fourth-order valence-electron chi connectivity index (χ4n) is 3.58. The molecule has 4 nitrogen and oxygen atoms in total. The van der Waals surface area contributed by atoms with E-state index in [1.54, 1.807) is 4.90 Å². The molecule has 0 aromatic carbocycles. The molecule has 2 amide bonds. The molecule has 1 saturated heterocycles. The van der Waals surface area contributed by atoms with Crippen LogP contribution in [0.2, 0.25) is 0 Å². The van der Waals surface area contributed by atoms with Gasteiger partial charge in [0, 0.05) is 6.54 Å². The van der Waals surface area contributed by atoms with Gasteiger partial charge in [-0.2, -0.15) is 0 Å². The summed E-state index contributed by atoms with van der Waals surface area (Å²) in [6.07, 6.45) is 6.91. The monoisotopic (exact) mass is 280 g/mol. The predicted octanol–water partition coefficient (Wildman–Crippen LogP) is 2.33. The van der Waals surface area contributed by atoms with Crippen molar-refractivity contribution in [3.05, 3.63) is 0 Å². The van der Waals surface area contributed by atoms with Gasteiger partial charge in [-0.3, -0.25) is 9.59 Å². The average Bonchev–Trinajstić information content (AvgIpc) is 2.41. The second kappa shape index (κ2) is 6.15. The maximum absolute atomic E-state index is 12.5. The van der Waals surface area contributed by atoms with Gasteiger partial charge in [-0.1, -0.05) is 33.1 Å². The zero-order chi connectivity index (χ0) is 14.8. The normalized spacial score (nSPS) is 35.0. The van der Waals surface area contributed by atoms with Crippen LogP contribution in [0.1, 0.15) is 59.3 Å². The molecule has 2 fully saturated rings. The molecule has 1 aliphatic heterocycles. The fourth-order valence-corrected chi connectivity index (χ4v) is 3.58. The molecule has 4 heteroatoms. The van der Waals surface area contributed by atoms with Gasteiger partial charge >= 0.3 is 0 Å². The number of carbonyl (C=O) groups is 2. The lowest BCUT2D eigenvalue weighted by Gasteiger charge is -2.40. The van der Waals surface area contributed by atoms with E-state index in [0.29, 0.717) is 6.42 Å². The fraction of sp³-hybridized carbons (Fsp3) is 0.875. The maximum Gasteiger partial charge on any atom is 0.248 e. The molecule has 2 aliphatic rings. The molecule has 3 unspecified atom stereocenters. The van der Waals surface area contributed by atoms with E-state index < -0.39 is 5.54 Å². The Hall–Kier alpha value is -1.06. The Morgan fingerprint density at radius 3 is 2.75 bits per heavy atom. The van der Waals surface area contributed by atoms with Crippen LogP contribution in [0.25, 0.3) is 0 Å². The quantitative estimate of drug-likeness (QED) is 0.859. The van der Waals surface area contributed by atoms with Gasteiger partial charge in [-0.15, -0.1) is 0 Å². The van der Waals surface area contributed by atoms with Crippen LogP contribution in [0, 0.1) is 11.8 Å². The Morgan fingerprint density at radius 1 is 1.35 bits per heavy atom. The number of hydrogen-bond acceptors (Lipinski definition) is 2. The molecule has 0 aromatic heterocycles. The highest BCUT2D eigenvalue weighted by Gasteiger charge is 2.41. The third-order valence-electron chi connectivity index (χ3n) is 5.07. The third-order valence-corrected chi connectivity index (χ3v) is 5.07. The summed E-state index contributed by atoms with van der Waals surface area (Å²) in [5.74, 6) is 1.61. The van der Waals surface area contributed by atoms with Crippen LogP contribution in [0.4, 0.5) is 0 Å². The lowest BCUT2D eigenvalue weighted by atomic mass is 9.80. The molecule has 114 valence electrons. The first-order valence-corrected chi connectivity index (χ1v) is 8.05. The van der Waals surface area contributed by atoms with Crippen LogP contribution >= 0.6 is 0 Å². The van der Waals surface area contributed by atoms with Gasteiger partial charge < -0.3 is 10.2 Å². The minimum absolute atomic E-state index is 0.0223. The minimum Gasteiger partial charge on any atom is -0.340 e. The van der Waals surface area contributed by atoms with Gasteiger partial charge in [0.1, 0.15) is 5.54 Å². The van der Waals surface area contributed by atoms with Crippen LogP contribution in [0.5, 0.6) is 0 Å². The Kier molecular flexibility index (Phi) is 4.71. The topological polar surface area (TPSA) is 49.4 Å². The van der Waals surface area contributed by atoms with Gasteiger partial charge in [0.2, 0.25) is 11.8 Å². The summed E-state index contributed by atoms with van der Waals surface area (Å²) in [7, 11) is 0.